The van der Waals surface area contributed by atoms with Crippen LogP contribution in [0.15, 0.2) is 53.4 Å². The second-order valence-corrected chi connectivity index (χ2v) is 6.52. The van der Waals surface area contributed by atoms with Crippen molar-refractivity contribution in [3.63, 3.8) is 0 Å². The summed E-state index contributed by atoms with van der Waals surface area (Å²) in [5.41, 5.74) is 0.629. The lowest BCUT2D eigenvalue weighted by Crippen LogP contribution is -2.46. The molecule has 6 heteroatoms. The number of likely N-dealkylation sites (tertiary alicyclic amines) is 1. The molecule has 25 heavy (non-hydrogen) atoms. The van der Waals surface area contributed by atoms with Crippen LogP contribution >= 0.6 is 12.6 Å². The van der Waals surface area contributed by atoms with Gasteiger partial charge in [-0.3, -0.25) is 9.59 Å². The minimum atomic E-state index is -0.506. The number of halogens is 1. The zero-order valence-electron chi connectivity index (χ0n) is 13.6. The molecule has 0 aliphatic carbocycles. The number of nitrogens with zero attached hydrogens (tertiary/aromatic N) is 1. The van der Waals surface area contributed by atoms with E-state index in [1.807, 2.05) is 6.07 Å². The number of carbonyl (C=O) groups is 2. The Morgan fingerprint density at radius 2 is 1.60 bits per heavy atom. The highest BCUT2D eigenvalue weighted by Crippen LogP contribution is 2.18. The van der Waals surface area contributed by atoms with Gasteiger partial charge in [0, 0.05) is 24.0 Å². The fraction of sp³-hybridized carbons (Fsp3) is 0.263. The first-order chi connectivity index (χ1) is 12.1. The average Bonchev–Trinajstić information content (AvgIpc) is 2.62. The summed E-state index contributed by atoms with van der Waals surface area (Å²) < 4.78 is 13.8. The Labute approximate surface area is 151 Å². The molecule has 1 heterocycles. The Balaban J connectivity index is 1.57. The fourth-order valence-corrected chi connectivity index (χ4v) is 3.22. The van der Waals surface area contributed by atoms with Crippen LogP contribution in [0.5, 0.6) is 0 Å². The van der Waals surface area contributed by atoms with Gasteiger partial charge >= 0.3 is 0 Å². The second-order valence-electron chi connectivity index (χ2n) is 6.04. The highest BCUT2D eigenvalue weighted by atomic mass is 32.1. The summed E-state index contributed by atoms with van der Waals surface area (Å²) in [6, 6.07) is 13.1. The van der Waals surface area contributed by atoms with Crippen LogP contribution < -0.4 is 5.32 Å². The molecule has 1 aliphatic heterocycles. The lowest BCUT2D eigenvalue weighted by molar-refractivity contribution is 0.0693. The highest BCUT2D eigenvalue weighted by Gasteiger charge is 2.26. The first kappa shape index (κ1) is 17.5. The zero-order chi connectivity index (χ0) is 17.8. The van der Waals surface area contributed by atoms with Gasteiger partial charge in [-0.1, -0.05) is 24.3 Å². The van der Waals surface area contributed by atoms with Gasteiger partial charge in [0.15, 0.2) is 0 Å². The van der Waals surface area contributed by atoms with Gasteiger partial charge in [0.25, 0.3) is 11.8 Å². The molecular formula is C19H19FN2O2S. The summed E-state index contributed by atoms with van der Waals surface area (Å²) in [5, 5.41) is 2.99. The van der Waals surface area contributed by atoms with E-state index in [0.29, 0.717) is 36.4 Å². The first-order valence-corrected chi connectivity index (χ1v) is 8.63. The Morgan fingerprint density at radius 1 is 1.00 bits per heavy atom. The molecule has 0 atom stereocenters. The van der Waals surface area contributed by atoms with Crippen LogP contribution in [0.1, 0.15) is 33.6 Å². The molecule has 2 amide bonds. The molecule has 1 aliphatic rings. The normalized spacial score (nSPS) is 15.0. The summed E-state index contributed by atoms with van der Waals surface area (Å²) in [4.78, 5) is 27.0. The molecule has 1 saturated heterocycles. The monoisotopic (exact) mass is 358 g/mol. The van der Waals surface area contributed by atoms with Crippen molar-refractivity contribution in [1.82, 2.24) is 10.2 Å². The van der Waals surface area contributed by atoms with E-state index in [4.69, 9.17) is 0 Å². The van der Waals surface area contributed by atoms with Crippen LogP contribution in [0, 0.1) is 5.82 Å². The van der Waals surface area contributed by atoms with Gasteiger partial charge in [0.2, 0.25) is 0 Å². The predicted octanol–water partition coefficient (Wildman–Crippen LogP) is 3.15. The average molecular weight is 358 g/mol. The lowest BCUT2D eigenvalue weighted by Gasteiger charge is -2.32. The van der Waals surface area contributed by atoms with Crippen molar-refractivity contribution in [3.8, 4) is 0 Å². The topological polar surface area (TPSA) is 49.4 Å². The van der Waals surface area contributed by atoms with E-state index >= 15 is 0 Å². The first-order valence-electron chi connectivity index (χ1n) is 8.19. The summed E-state index contributed by atoms with van der Waals surface area (Å²) >= 11 is 4.30. The largest absolute Gasteiger partial charge is 0.349 e. The molecule has 4 nitrogen and oxygen atoms in total. The highest BCUT2D eigenvalue weighted by molar-refractivity contribution is 7.80. The van der Waals surface area contributed by atoms with Crippen molar-refractivity contribution >= 4 is 24.4 Å². The Bertz CT molecular complexity index is 788. The molecule has 0 radical (unpaired) electrons. The molecule has 2 aromatic carbocycles. The van der Waals surface area contributed by atoms with Crippen molar-refractivity contribution in [3.05, 3.63) is 65.5 Å². The summed E-state index contributed by atoms with van der Waals surface area (Å²) in [7, 11) is 0. The van der Waals surface area contributed by atoms with Gasteiger partial charge < -0.3 is 10.2 Å². The third-order valence-corrected chi connectivity index (χ3v) is 4.76. The van der Waals surface area contributed by atoms with Crippen molar-refractivity contribution in [2.75, 3.05) is 13.1 Å². The third-order valence-electron chi connectivity index (χ3n) is 4.37. The fourth-order valence-electron chi connectivity index (χ4n) is 2.96. The minimum Gasteiger partial charge on any atom is -0.349 e. The molecule has 0 aromatic heterocycles. The minimum absolute atomic E-state index is 0.00916. The predicted molar refractivity (Wildman–Crippen MR) is 96.5 cm³/mol. The van der Waals surface area contributed by atoms with E-state index in [1.54, 1.807) is 35.2 Å². The second kappa shape index (κ2) is 7.70. The molecule has 0 saturated carbocycles. The van der Waals surface area contributed by atoms with Crippen LogP contribution in [-0.4, -0.2) is 35.8 Å². The van der Waals surface area contributed by atoms with Gasteiger partial charge in [-0.25, -0.2) is 4.39 Å². The van der Waals surface area contributed by atoms with E-state index in [1.165, 1.54) is 12.1 Å². The summed E-state index contributed by atoms with van der Waals surface area (Å²) in [5.74, 6) is -0.971. The number of nitrogens with one attached hydrogen (secondary N) is 1. The van der Waals surface area contributed by atoms with Gasteiger partial charge in [0.1, 0.15) is 5.82 Å². The smallest absolute Gasteiger partial charge is 0.256 e. The van der Waals surface area contributed by atoms with Gasteiger partial charge in [-0.2, -0.15) is 0 Å². The molecular weight excluding hydrogens is 339 g/mol. The maximum absolute atomic E-state index is 13.8. The Kier molecular flexibility index (Phi) is 5.38. The third kappa shape index (κ3) is 4.02. The van der Waals surface area contributed by atoms with E-state index < -0.39 is 5.82 Å². The number of piperidine rings is 1. The van der Waals surface area contributed by atoms with E-state index in [-0.39, 0.29) is 23.4 Å². The molecule has 0 bridgehead atoms. The van der Waals surface area contributed by atoms with Crippen LogP contribution in [-0.2, 0) is 0 Å². The van der Waals surface area contributed by atoms with Crippen LogP contribution in [0.25, 0.3) is 0 Å². The van der Waals surface area contributed by atoms with Crippen LogP contribution in [0.2, 0.25) is 0 Å². The van der Waals surface area contributed by atoms with Crippen LogP contribution in [0.4, 0.5) is 4.39 Å². The van der Waals surface area contributed by atoms with Crippen molar-refractivity contribution in [2.24, 2.45) is 0 Å². The van der Waals surface area contributed by atoms with Crippen molar-refractivity contribution in [2.45, 2.75) is 23.8 Å². The van der Waals surface area contributed by atoms with Crippen molar-refractivity contribution in [1.29, 1.82) is 0 Å². The molecule has 0 spiro atoms. The van der Waals surface area contributed by atoms with E-state index in [0.717, 1.165) is 0 Å². The van der Waals surface area contributed by atoms with E-state index in [2.05, 4.69) is 17.9 Å². The Hall–Kier alpha value is -2.34. The van der Waals surface area contributed by atoms with E-state index in [9.17, 15) is 14.0 Å². The molecule has 1 N–H and O–H groups in total. The summed E-state index contributed by atoms with van der Waals surface area (Å²) in [6.07, 6.45) is 1.28. The number of carbonyl (C=O) groups excluding carboxylic acids is 2. The maximum atomic E-state index is 13.8. The number of hydrogen-bond acceptors (Lipinski definition) is 3. The number of amides is 2. The number of benzene rings is 2. The molecule has 3 rings (SSSR count). The molecule has 2 aromatic rings. The lowest BCUT2D eigenvalue weighted by atomic mass is 10.0. The standard InChI is InChI=1S/C19H19FN2O2S/c20-16-7-3-1-5-14(16)19(24)22-11-9-13(10-12-22)21-18(23)15-6-2-4-8-17(15)25/h1-8,13,25H,9-12H2,(H,21,23). The van der Waals surface area contributed by atoms with Gasteiger partial charge in [0.05, 0.1) is 11.1 Å². The SMILES string of the molecule is O=C(NC1CCN(C(=O)c2ccccc2F)CC1)c1ccccc1S. The maximum Gasteiger partial charge on any atom is 0.256 e. The molecule has 130 valence electrons. The summed E-state index contributed by atoms with van der Waals surface area (Å²) in [6.45, 7) is 0.973. The molecule has 0 unspecified atom stereocenters. The van der Waals surface area contributed by atoms with Crippen molar-refractivity contribution < 1.29 is 14.0 Å². The number of hydrogen-bond donors (Lipinski definition) is 2. The number of thiol groups is 1. The number of rotatable bonds is 3. The molecule has 1 fully saturated rings. The zero-order valence-corrected chi connectivity index (χ0v) is 14.5. The Morgan fingerprint density at radius 3 is 2.24 bits per heavy atom. The quantitative estimate of drug-likeness (QED) is 0.828. The van der Waals surface area contributed by atoms with Gasteiger partial charge in [-0.05, 0) is 37.1 Å². The van der Waals surface area contributed by atoms with Gasteiger partial charge in [-0.15, -0.1) is 12.6 Å². The van der Waals surface area contributed by atoms with Crippen LogP contribution in [0.3, 0.4) is 0 Å².